The Balaban J connectivity index is 4.83. The van der Waals surface area contributed by atoms with Gasteiger partial charge in [-0.2, -0.15) is 0 Å². The van der Waals surface area contributed by atoms with E-state index in [9.17, 15) is 19.2 Å². The van der Waals surface area contributed by atoms with Crippen LogP contribution in [0.15, 0.2) is 0 Å². The van der Waals surface area contributed by atoms with Crippen molar-refractivity contribution in [2.24, 2.45) is 17.6 Å². The molecule has 9 heteroatoms. The molecule has 0 aliphatic heterocycles. The summed E-state index contributed by atoms with van der Waals surface area (Å²) in [6.07, 6.45) is 1.10. The maximum Gasteiger partial charge on any atom is 0.322 e. The molecule has 6 N–H and O–H groups in total. The highest BCUT2D eigenvalue weighted by Gasteiger charge is 2.29. The molecule has 0 fully saturated rings. The molecule has 9 nitrogen and oxygen atoms in total. The van der Waals surface area contributed by atoms with Crippen LogP contribution < -0.4 is 21.7 Å². The van der Waals surface area contributed by atoms with E-state index in [1.165, 1.54) is 6.92 Å². The maximum atomic E-state index is 12.3. The minimum Gasteiger partial charge on any atom is -0.480 e. The van der Waals surface area contributed by atoms with Crippen molar-refractivity contribution < 1.29 is 24.3 Å². The Morgan fingerprint density at radius 1 is 0.962 bits per heavy atom. The minimum atomic E-state index is -1.17. The largest absolute Gasteiger partial charge is 0.480 e. The highest BCUT2D eigenvalue weighted by Crippen LogP contribution is 2.08. The zero-order chi connectivity index (χ0) is 20.4. The standard InChI is InChI=1S/C17H32N4O5/c1-6-10(4)14(17(26)19-8-13(22)23)21-15(24)11(5)20-16(25)12(18)7-9(2)3/h9-12,14H,6-8,18H2,1-5H3,(H,19,26)(H,20,25)(H,21,24)(H,22,23). The molecule has 0 saturated carbocycles. The zero-order valence-corrected chi connectivity index (χ0v) is 16.2. The molecule has 0 saturated heterocycles. The molecule has 0 aromatic carbocycles. The molecule has 0 heterocycles. The van der Waals surface area contributed by atoms with Crippen LogP contribution in [0.25, 0.3) is 0 Å². The molecule has 26 heavy (non-hydrogen) atoms. The van der Waals surface area contributed by atoms with Gasteiger partial charge in [0.1, 0.15) is 18.6 Å². The number of carbonyl (C=O) groups excluding carboxylic acids is 3. The number of nitrogens with two attached hydrogens (primary N) is 1. The fourth-order valence-corrected chi connectivity index (χ4v) is 2.25. The Labute approximate surface area is 154 Å². The smallest absolute Gasteiger partial charge is 0.322 e. The van der Waals surface area contributed by atoms with E-state index in [-0.39, 0.29) is 11.8 Å². The Morgan fingerprint density at radius 3 is 2.00 bits per heavy atom. The fourth-order valence-electron chi connectivity index (χ4n) is 2.25. The molecule has 4 atom stereocenters. The van der Waals surface area contributed by atoms with E-state index in [1.807, 2.05) is 20.8 Å². The molecule has 150 valence electrons. The lowest BCUT2D eigenvalue weighted by Gasteiger charge is -2.25. The fraction of sp³-hybridized carbons (Fsp3) is 0.765. The van der Waals surface area contributed by atoms with Gasteiger partial charge in [-0.1, -0.05) is 34.1 Å². The molecule has 0 radical (unpaired) electrons. The summed E-state index contributed by atoms with van der Waals surface area (Å²) >= 11 is 0. The second-order valence-corrected chi connectivity index (χ2v) is 6.95. The van der Waals surface area contributed by atoms with Gasteiger partial charge >= 0.3 is 5.97 Å². The predicted molar refractivity (Wildman–Crippen MR) is 97.1 cm³/mol. The monoisotopic (exact) mass is 372 g/mol. The highest BCUT2D eigenvalue weighted by molar-refractivity contribution is 5.93. The average Bonchev–Trinajstić information content (AvgIpc) is 2.55. The van der Waals surface area contributed by atoms with Gasteiger partial charge in [0.25, 0.3) is 0 Å². The molecule has 0 aromatic heterocycles. The lowest BCUT2D eigenvalue weighted by molar-refractivity contribution is -0.139. The van der Waals surface area contributed by atoms with Gasteiger partial charge in [0, 0.05) is 0 Å². The summed E-state index contributed by atoms with van der Waals surface area (Å²) in [5.74, 6) is -2.69. The number of amides is 3. The molecular weight excluding hydrogens is 340 g/mol. The van der Waals surface area contributed by atoms with Gasteiger partial charge < -0.3 is 26.8 Å². The maximum absolute atomic E-state index is 12.3. The first-order chi connectivity index (χ1) is 12.0. The Hall–Kier alpha value is -2.16. The third-order valence-electron chi connectivity index (χ3n) is 4.02. The summed E-state index contributed by atoms with van der Waals surface area (Å²) in [6.45, 7) is 8.47. The molecule has 0 aromatic rings. The third-order valence-corrected chi connectivity index (χ3v) is 4.02. The van der Waals surface area contributed by atoms with Gasteiger partial charge in [0.15, 0.2) is 0 Å². The van der Waals surface area contributed by atoms with Crippen molar-refractivity contribution in [2.75, 3.05) is 6.54 Å². The van der Waals surface area contributed by atoms with E-state index in [4.69, 9.17) is 10.8 Å². The Kier molecular flexibility index (Phi) is 10.5. The van der Waals surface area contributed by atoms with Crippen LogP contribution in [0, 0.1) is 11.8 Å². The summed E-state index contributed by atoms with van der Waals surface area (Å²) < 4.78 is 0. The third kappa shape index (κ3) is 8.80. The van der Waals surface area contributed by atoms with Crippen LogP contribution in [-0.2, 0) is 19.2 Å². The van der Waals surface area contributed by atoms with Gasteiger partial charge in [-0.3, -0.25) is 19.2 Å². The molecule has 0 spiro atoms. The molecular formula is C17H32N4O5. The number of aliphatic carboxylic acids is 1. The number of carboxylic acid groups (broad SMARTS) is 1. The van der Waals surface area contributed by atoms with Gasteiger partial charge in [-0.25, -0.2) is 0 Å². The van der Waals surface area contributed by atoms with Gasteiger partial charge in [0.2, 0.25) is 17.7 Å². The van der Waals surface area contributed by atoms with Crippen LogP contribution in [0.5, 0.6) is 0 Å². The molecule has 0 rings (SSSR count). The predicted octanol–water partition coefficient (Wildman–Crippen LogP) is -0.404. The molecule has 0 aliphatic carbocycles. The van der Waals surface area contributed by atoms with Crippen molar-refractivity contribution in [1.29, 1.82) is 0 Å². The van der Waals surface area contributed by atoms with Crippen LogP contribution in [0.3, 0.4) is 0 Å². The number of nitrogens with one attached hydrogen (secondary N) is 3. The van der Waals surface area contributed by atoms with E-state index in [1.54, 1.807) is 6.92 Å². The van der Waals surface area contributed by atoms with Crippen LogP contribution in [0.4, 0.5) is 0 Å². The average molecular weight is 372 g/mol. The molecule has 0 bridgehead atoms. The Morgan fingerprint density at radius 2 is 1.54 bits per heavy atom. The Bertz CT molecular complexity index is 509. The topological polar surface area (TPSA) is 151 Å². The number of hydrogen-bond donors (Lipinski definition) is 5. The van der Waals surface area contributed by atoms with Crippen LogP contribution >= 0.6 is 0 Å². The number of carbonyl (C=O) groups is 4. The number of carboxylic acids is 1. The number of hydrogen-bond acceptors (Lipinski definition) is 5. The quantitative estimate of drug-likeness (QED) is 0.333. The van der Waals surface area contributed by atoms with Gasteiger partial charge in [-0.15, -0.1) is 0 Å². The van der Waals surface area contributed by atoms with Crippen molar-refractivity contribution in [3.05, 3.63) is 0 Å². The highest BCUT2D eigenvalue weighted by atomic mass is 16.4. The first kappa shape index (κ1) is 23.8. The SMILES string of the molecule is CCC(C)C(NC(=O)C(C)NC(=O)C(N)CC(C)C)C(=O)NCC(=O)O. The van der Waals surface area contributed by atoms with E-state index in [0.29, 0.717) is 12.8 Å². The van der Waals surface area contributed by atoms with Gasteiger partial charge in [-0.05, 0) is 25.2 Å². The summed E-state index contributed by atoms with van der Waals surface area (Å²) in [7, 11) is 0. The van der Waals surface area contributed by atoms with Crippen molar-refractivity contribution in [2.45, 2.75) is 65.6 Å². The molecule has 4 unspecified atom stereocenters. The van der Waals surface area contributed by atoms with E-state index < -0.39 is 48.4 Å². The lowest BCUT2D eigenvalue weighted by atomic mass is 9.98. The summed E-state index contributed by atoms with van der Waals surface area (Å²) in [5, 5.41) is 16.0. The van der Waals surface area contributed by atoms with Gasteiger partial charge in [0.05, 0.1) is 6.04 Å². The van der Waals surface area contributed by atoms with Crippen molar-refractivity contribution in [3.8, 4) is 0 Å². The summed E-state index contributed by atoms with van der Waals surface area (Å²) in [6, 6.07) is -2.48. The summed E-state index contributed by atoms with van der Waals surface area (Å²) in [4.78, 5) is 47.1. The second kappa shape index (κ2) is 11.5. The van der Waals surface area contributed by atoms with Crippen LogP contribution in [0.2, 0.25) is 0 Å². The van der Waals surface area contributed by atoms with Crippen molar-refractivity contribution in [3.63, 3.8) is 0 Å². The normalized spacial score (nSPS) is 15.5. The van der Waals surface area contributed by atoms with Crippen molar-refractivity contribution >= 4 is 23.7 Å². The van der Waals surface area contributed by atoms with Crippen LogP contribution in [-0.4, -0.2) is 53.5 Å². The molecule has 3 amide bonds. The zero-order valence-electron chi connectivity index (χ0n) is 16.2. The lowest BCUT2D eigenvalue weighted by Crippen LogP contribution is -2.56. The van der Waals surface area contributed by atoms with E-state index in [2.05, 4.69) is 16.0 Å². The van der Waals surface area contributed by atoms with Crippen molar-refractivity contribution in [1.82, 2.24) is 16.0 Å². The van der Waals surface area contributed by atoms with E-state index in [0.717, 1.165) is 0 Å². The number of rotatable bonds is 11. The van der Waals surface area contributed by atoms with E-state index >= 15 is 0 Å². The first-order valence-electron chi connectivity index (χ1n) is 8.85. The molecule has 0 aliphatic rings. The minimum absolute atomic E-state index is 0.209. The summed E-state index contributed by atoms with van der Waals surface area (Å²) in [5.41, 5.74) is 5.79. The van der Waals surface area contributed by atoms with Crippen LogP contribution in [0.1, 0.15) is 47.5 Å². The second-order valence-electron chi connectivity index (χ2n) is 6.95. The first-order valence-corrected chi connectivity index (χ1v) is 8.85.